The minimum Gasteiger partial charge on any atom is -0.390 e. The summed E-state index contributed by atoms with van der Waals surface area (Å²) in [7, 11) is 0. The number of nitrogens with zero attached hydrogens (tertiary/aromatic N) is 3. The van der Waals surface area contributed by atoms with Crippen molar-refractivity contribution in [2.45, 2.75) is 18.6 Å². The molecule has 0 bridgehead atoms. The van der Waals surface area contributed by atoms with Crippen LogP contribution in [0.5, 0.6) is 0 Å². The number of nitrogens with two attached hydrogens (primary N) is 1. The molecule has 0 amide bonds. The van der Waals surface area contributed by atoms with E-state index in [1.807, 2.05) is 0 Å². The first-order valence-corrected chi connectivity index (χ1v) is 4.91. The molecule has 0 aromatic heterocycles. The van der Waals surface area contributed by atoms with Gasteiger partial charge in [-0.15, -0.1) is 0 Å². The van der Waals surface area contributed by atoms with Crippen LogP contribution < -0.4 is 5.73 Å². The first-order chi connectivity index (χ1) is 7.70. The van der Waals surface area contributed by atoms with Crippen molar-refractivity contribution in [3.63, 3.8) is 0 Å². The molecule has 1 aromatic rings. The number of rotatable bonds is 5. The van der Waals surface area contributed by atoms with Gasteiger partial charge in [-0.05, 0) is 24.1 Å². The normalized spacial score (nSPS) is 13.9. The summed E-state index contributed by atoms with van der Waals surface area (Å²) in [5.74, 6) is 0. The van der Waals surface area contributed by atoms with Crippen molar-refractivity contribution < 1.29 is 10.2 Å². The Labute approximate surface area is 93.0 Å². The Morgan fingerprint density at radius 3 is 2.69 bits per heavy atom. The molecule has 1 aromatic carbocycles. The Morgan fingerprint density at radius 2 is 2.06 bits per heavy atom. The van der Waals surface area contributed by atoms with E-state index < -0.39 is 12.2 Å². The summed E-state index contributed by atoms with van der Waals surface area (Å²) in [5.41, 5.74) is 14.4. The molecule has 0 fully saturated rings. The first kappa shape index (κ1) is 12.5. The summed E-state index contributed by atoms with van der Waals surface area (Å²) >= 11 is 0. The summed E-state index contributed by atoms with van der Waals surface area (Å²) in [6.45, 7) is 0.280. The first-order valence-electron chi connectivity index (χ1n) is 4.91. The molecule has 0 aliphatic rings. The lowest BCUT2D eigenvalue weighted by Gasteiger charge is -2.18. The van der Waals surface area contributed by atoms with E-state index in [9.17, 15) is 10.2 Å². The van der Waals surface area contributed by atoms with Crippen molar-refractivity contribution >= 4 is 5.69 Å². The highest BCUT2D eigenvalue weighted by atomic mass is 16.3. The smallest absolute Gasteiger partial charge is 0.105 e. The molecule has 0 saturated heterocycles. The van der Waals surface area contributed by atoms with Crippen LogP contribution in [0.1, 0.15) is 18.1 Å². The topological polar surface area (TPSA) is 115 Å². The summed E-state index contributed by atoms with van der Waals surface area (Å²) in [6.07, 6.45) is -1.77. The monoisotopic (exact) mass is 222 g/mol. The largest absolute Gasteiger partial charge is 0.390 e. The summed E-state index contributed by atoms with van der Waals surface area (Å²) in [4.78, 5) is 2.66. The molecule has 0 saturated carbocycles. The molecule has 0 aliphatic carbocycles. The van der Waals surface area contributed by atoms with Crippen LogP contribution in [0.2, 0.25) is 0 Å². The van der Waals surface area contributed by atoms with Crippen LogP contribution in [0.15, 0.2) is 29.4 Å². The number of aliphatic hydroxyl groups is 2. The highest BCUT2D eigenvalue weighted by Gasteiger charge is 2.19. The molecule has 16 heavy (non-hydrogen) atoms. The van der Waals surface area contributed by atoms with Gasteiger partial charge in [0.25, 0.3) is 0 Å². The standard InChI is InChI=1S/C10H14N4O2/c11-6-5-9(15)10(16)7-3-1-2-4-8(7)13-14-12/h1-4,9-10,15-16H,5-6,11H2. The second-order valence-corrected chi connectivity index (χ2v) is 3.34. The van der Waals surface area contributed by atoms with E-state index in [-0.39, 0.29) is 13.0 Å². The fourth-order valence-electron chi connectivity index (χ4n) is 1.41. The third-order valence-corrected chi connectivity index (χ3v) is 2.23. The zero-order valence-electron chi connectivity index (χ0n) is 8.69. The van der Waals surface area contributed by atoms with E-state index in [1.54, 1.807) is 24.3 Å². The van der Waals surface area contributed by atoms with Gasteiger partial charge in [0.15, 0.2) is 0 Å². The third kappa shape index (κ3) is 2.95. The Balaban J connectivity index is 2.97. The van der Waals surface area contributed by atoms with Gasteiger partial charge in [0.1, 0.15) is 6.10 Å². The van der Waals surface area contributed by atoms with Crippen molar-refractivity contribution in [1.82, 2.24) is 0 Å². The third-order valence-electron chi connectivity index (χ3n) is 2.23. The summed E-state index contributed by atoms with van der Waals surface area (Å²) in [5, 5.41) is 22.9. The predicted molar refractivity (Wildman–Crippen MR) is 59.9 cm³/mol. The Kier molecular flexibility index (Phi) is 4.75. The average molecular weight is 222 g/mol. The maximum absolute atomic E-state index is 9.84. The van der Waals surface area contributed by atoms with Crippen LogP contribution in [0.25, 0.3) is 10.4 Å². The average Bonchev–Trinajstić information content (AvgIpc) is 2.29. The maximum Gasteiger partial charge on any atom is 0.105 e. The number of aliphatic hydroxyl groups excluding tert-OH is 2. The van der Waals surface area contributed by atoms with Gasteiger partial charge in [-0.2, -0.15) is 0 Å². The SMILES string of the molecule is [N-]=[N+]=Nc1ccccc1C(O)C(O)CCN. The van der Waals surface area contributed by atoms with Gasteiger partial charge in [0, 0.05) is 10.6 Å². The summed E-state index contributed by atoms with van der Waals surface area (Å²) < 4.78 is 0. The maximum atomic E-state index is 9.84. The van der Waals surface area contributed by atoms with Crippen LogP contribution >= 0.6 is 0 Å². The van der Waals surface area contributed by atoms with Gasteiger partial charge in [-0.3, -0.25) is 0 Å². The lowest BCUT2D eigenvalue weighted by Crippen LogP contribution is -2.21. The van der Waals surface area contributed by atoms with Crippen molar-refractivity contribution in [3.8, 4) is 0 Å². The lowest BCUT2D eigenvalue weighted by atomic mass is 10.0. The predicted octanol–water partition coefficient (Wildman–Crippen LogP) is 1.37. The van der Waals surface area contributed by atoms with Crippen LogP contribution in [-0.4, -0.2) is 22.9 Å². The van der Waals surface area contributed by atoms with Crippen molar-refractivity contribution in [2.75, 3.05) is 6.54 Å². The molecule has 0 heterocycles. The van der Waals surface area contributed by atoms with E-state index in [0.717, 1.165) is 0 Å². The molecule has 2 unspecified atom stereocenters. The number of hydrogen-bond donors (Lipinski definition) is 3. The van der Waals surface area contributed by atoms with E-state index in [2.05, 4.69) is 10.0 Å². The Morgan fingerprint density at radius 1 is 1.38 bits per heavy atom. The minimum absolute atomic E-state index is 0.280. The summed E-state index contributed by atoms with van der Waals surface area (Å²) in [6, 6.07) is 6.57. The highest BCUT2D eigenvalue weighted by molar-refractivity contribution is 5.47. The number of hydrogen-bond acceptors (Lipinski definition) is 4. The zero-order valence-corrected chi connectivity index (χ0v) is 8.69. The zero-order chi connectivity index (χ0) is 12.0. The van der Waals surface area contributed by atoms with E-state index in [0.29, 0.717) is 11.3 Å². The fraction of sp³-hybridized carbons (Fsp3) is 0.400. The van der Waals surface area contributed by atoms with Gasteiger partial charge < -0.3 is 15.9 Å². The van der Waals surface area contributed by atoms with Crippen molar-refractivity contribution in [3.05, 3.63) is 40.3 Å². The Bertz CT molecular complexity index is 390. The van der Waals surface area contributed by atoms with Gasteiger partial charge in [-0.25, -0.2) is 0 Å². The molecular weight excluding hydrogens is 208 g/mol. The van der Waals surface area contributed by atoms with Gasteiger partial charge in [0.05, 0.1) is 6.10 Å². The van der Waals surface area contributed by atoms with Crippen LogP contribution in [-0.2, 0) is 0 Å². The van der Waals surface area contributed by atoms with Crippen molar-refractivity contribution in [1.29, 1.82) is 0 Å². The Hall–Kier alpha value is -1.59. The molecular formula is C10H14N4O2. The van der Waals surface area contributed by atoms with Crippen molar-refractivity contribution in [2.24, 2.45) is 10.8 Å². The quantitative estimate of drug-likeness (QED) is 0.397. The minimum atomic E-state index is -1.09. The molecule has 2 atom stereocenters. The highest BCUT2D eigenvalue weighted by Crippen LogP contribution is 2.28. The molecule has 6 nitrogen and oxygen atoms in total. The van der Waals surface area contributed by atoms with E-state index >= 15 is 0 Å². The van der Waals surface area contributed by atoms with Crippen LogP contribution in [0.3, 0.4) is 0 Å². The van der Waals surface area contributed by atoms with Crippen LogP contribution in [0, 0.1) is 0 Å². The van der Waals surface area contributed by atoms with Gasteiger partial charge in [-0.1, -0.05) is 29.4 Å². The van der Waals surface area contributed by atoms with Crippen LogP contribution in [0.4, 0.5) is 5.69 Å². The second kappa shape index (κ2) is 6.09. The second-order valence-electron chi connectivity index (χ2n) is 3.34. The molecule has 0 aliphatic heterocycles. The fourth-order valence-corrected chi connectivity index (χ4v) is 1.41. The molecule has 6 heteroatoms. The molecule has 1 rings (SSSR count). The van der Waals surface area contributed by atoms with E-state index in [1.165, 1.54) is 0 Å². The lowest BCUT2D eigenvalue weighted by molar-refractivity contribution is 0.0153. The molecule has 0 spiro atoms. The molecule has 86 valence electrons. The molecule has 4 N–H and O–H groups in total. The number of azide groups is 1. The van der Waals surface area contributed by atoms with Gasteiger partial charge in [0.2, 0.25) is 0 Å². The molecule has 0 radical (unpaired) electrons. The van der Waals surface area contributed by atoms with Gasteiger partial charge >= 0.3 is 0 Å². The van der Waals surface area contributed by atoms with E-state index in [4.69, 9.17) is 11.3 Å². The number of benzene rings is 1.